The van der Waals surface area contributed by atoms with Gasteiger partial charge in [-0.1, -0.05) is 17.7 Å². The number of esters is 2. The minimum Gasteiger partial charge on any atom is -0.460 e. The number of thioether (sulfide) groups is 1. The Balaban J connectivity index is 2.04. The number of hydrogen-bond acceptors (Lipinski definition) is 8. The Kier molecular flexibility index (Phi) is 8.27. The normalized spacial score (nSPS) is 28.8. The number of aryl methyl sites for hydroxylation is 1. The van der Waals surface area contributed by atoms with Gasteiger partial charge in [0.25, 0.3) is 0 Å². The molecule has 0 saturated heterocycles. The molecule has 8 nitrogen and oxygen atoms in total. The predicted octanol–water partition coefficient (Wildman–Crippen LogP) is 4.89. The summed E-state index contributed by atoms with van der Waals surface area (Å²) >= 11 is 1.47. The van der Waals surface area contributed by atoms with Crippen LogP contribution in [0.2, 0.25) is 0 Å². The third-order valence-electron chi connectivity index (χ3n) is 6.57. The monoisotopic (exact) mass is 549 g/mol. The second-order valence-electron chi connectivity index (χ2n) is 13.4. The van der Waals surface area contributed by atoms with E-state index in [2.05, 4.69) is 5.32 Å². The third-order valence-corrected chi connectivity index (χ3v) is 7.70. The second-order valence-corrected chi connectivity index (χ2v) is 14.5. The molecule has 1 aromatic rings. The van der Waals surface area contributed by atoms with Crippen LogP contribution in [-0.2, 0) is 23.8 Å². The summed E-state index contributed by atoms with van der Waals surface area (Å²) in [6, 6.07) is 7.93. The number of ether oxygens (including phenoxy) is 3. The molecule has 6 atom stereocenters. The van der Waals surface area contributed by atoms with Crippen molar-refractivity contribution < 1.29 is 33.7 Å². The highest BCUT2D eigenvalue weighted by molar-refractivity contribution is 7.99. The van der Waals surface area contributed by atoms with Gasteiger partial charge in [-0.15, -0.1) is 11.8 Å². The molecule has 1 aromatic carbocycles. The van der Waals surface area contributed by atoms with E-state index in [1.807, 2.05) is 31.2 Å². The maximum Gasteiger partial charge on any atom is 0.408 e. The third kappa shape index (κ3) is 6.84. The van der Waals surface area contributed by atoms with Crippen LogP contribution in [0.5, 0.6) is 0 Å². The molecule has 2 saturated carbocycles. The fourth-order valence-electron chi connectivity index (χ4n) is 5.20. The van der Waals surface area contributed by atoms with Crippen LogP contribution in [0.15, 0.2) is 29.2 Å². The van der Waals surface area contributed by atoms with Crippen molar-refractivity contribution in [2.24, 2.45) is 23.7 Å². The summed E-state index contributed by atoms with van der Waals surface area (Å²) in [4.78, 5) is 41.3. The Morgan fingerprint density at radius 3 is 1.92 bits per heavy atom. The van der Waals surface area contributed by atoms with Crippen molar-refractivity contribution in [3.05, 3.63) is 29.8 Å². The number of nitrogens with one attached hydrogen (secondary N) is 1. The molecule has 212 valence electrons. The van der Waals surface area contributed by atoms with E-state index in [9.17, 15) is 19.5 Å². The highest BCUT2D eigenvalue weighted by atomic mass is 32.2. The number of carbonyl (C=O) groups is 3. The van der Waals surface area contributed by atoms with Crippen molar-refractivity contribution in [3.8, 4) is 0 Å². The van der Waals surface area contributed by atoms with Gasteiger partial charge in [0.2, 0.25) is 0 Å². The summed E-state index contributed by atoms with van der Waals surface area (Å²) in [6.45, 7) is 17.7. The van der Waals surface area contributed by atoms with E-state index in [4.69, 9.17) is 14.2 Å². The predicted molar refractivity (Wildman–Crippen MR) is 146 cm³/mol. The molecule has 0 heterocycles. The molecule has 0 radical (unpaired) electrons. The standard InChI is InChI=1S/C29H43NO7S/c1-16-11-13-17(14-12-16)38-15-18-22(31)19-20(23(32)35-26(2,3)4)21(19)29(18,24(33)36-27(5,6)7)30-25(34)37-28(8,9)10/h11-14,18-22,31H,15H2,1-10H3,(H,30,34)/t18-,19+,20+,21?,22-,29+/m1/s1. The second kappa shape index (κ2) is 10.4. The van der Waals surface area contributed by atoms with Crippen molar-refractivity contribution in [2.45, 2.75) is 103 Å². The Hall–Kier alpha value is -2.26. The lowest BCUT2D eigenvalue weighted by molar-refractivity contribution is -0.169. The van der Waals surface area contributed by atoms with Crippen LogP contribution in [-0.4, -0.2) is 57.3 Å². The Morgan fingerprint density at radius 2 is 1.42 bits per heavy atom. The zero-order valence-electron chi connectivity index (χ0n) is 24.2. The van der Waals surface area contributed by atoms with Crippen molar-refractivity contribution >= 4 is 29.8 Å². The lowest BCUT2D eigenvalue weighted by Gasteiger charge is -2.40. The van der Waals surface area contributed by atoms with E-state index >= 15 is 0 Å². The first kappa shape index (κ1) is 30.3. The molecule has 38 heavy (non-hydrogen) atoms. The van der Waals surface area contributed by atoms with Gasteiger partial charge in [-0.2, -0.15) is 0 Å². The molecule has 0 aliphatic heterocycles. The van der Waals surface area contributed by atoms with Crippen LogP contribution in [0.25, 0.3) is 0 Å². The fourth-order valence-corrected chi connectivity index (χ4v) is 6.37. The summed E-state index contributed by atoms with van der Waals surface area (Å²) < 4.78 is 17.0. The maximum atomic E-state index is 14.0. The van der Waals surface area contributed by atoms with E-state index < -0.39 is 70.1 Å². The number of aliphatic hydroxyl groups excluding tert-OH is 1. The average molecular weight is 550 g/mol. The lowest BCUT2D eigenvalue weighted by atomic mass is 9.80. The molecular formula is C29H43NO7S. The van der Waals surface area contributed by atoms with Gasteiger partial charge in [0.1, 0.15) is 16.8 Å². The van der Waals surface area contributed by atoms with Crippen molar-refractivity contribution in [1.29, 1.82) is 0 Å². The van der Waals surface area contributed by atoms with Crippen LogP contribution in [0.3, 0.4) is 0 Å². The molecule has 1 amide bonds. The van der Waals surface area contributed by atoms with Gasteiger partial charge in [-0.25, -0.2) is 9.59 Å². The summed E-state index contributed by atoms with van der Waals surface area (Å²) in [5.74, 6) is -3.63. The number of hydrogen-bond donors (Lipinski definition) is 2. The first-order valence-electron chi connectivity index (χ1n) is 13.1. The van der Waals surface area contributed by atoms with Gasteiger partial charge in [-0.05, 0) is 81.4 Å². The lowest BCUT2D eigenvalue weighted by Crippen LogP contribution is -2.64. The first-order chi connectivity index (χ1) is 17.2. The van der Waals surface area contributed by atoms with E-state index in [1.165, 1.54) is 11.8 Å². The van der Waals surface area contributed by atoms with Gasteiger partial charge >= 0.3 is 18.0 Å². The number of aliphatic hydroxyl groups is 1. The summed E-state index contributed by atoms with van der Waals surface area (Å²) in [5, 5.41) is 14.4. The largest absolute Gasteiger partial charge is 0.460 e. The van der Waals surface area contributed by atoms with Crippen molar-refractivity contribution in [2.75, 3.05) is 5.75 Å². The average Bonchev–Trinajstić information content (AvgIpc) is 3.41. The molecule has 0 aromatic heterocycles. The Bertz CT molecular complexity index is 1050. The zero-order valence-corrected chi connectivity index (χ0v) is 25.0. The maximum absolute atomic E-state index is 14.0. The van der Waals surface area contributed by atoms with Crippen LogP contribution in [0, 0.1) is 30.6 Å². The van der Waals surface area contributed by atoms with Crippen molar-refractivity contribution in [1.82, 2.24) is 5.32 Å². The topological polar surface area (TPSA) is 111 Å². The first-order valence-corrected chi connectivity index (χ1v) is 14.1. The highest BCUT2D eigenvalue weighted by Gasteiger charge is 2.80. The molecule has 3 rings (SSSR count). The molecule has 0 spiro atoms. The van der Waals surface area contributed by atoms with E-state index in [0.717, 1.165) is 10.5 Å². The molecular weight excluding hydrogens is 506 g/mol. The quantitative estimate of drug-likeness (QED) is 0.293. The number of benzene rings is 1. The number of amides is 1. The fraction of sp³-hybridized carbons (Fsp3) is 0.690. The number of rotatable bonds is 6. The SMILES string of the molecule is Cc1ccc(SC[C@@H]2[C@@H](O)[C@@H]3C([C@H]3C(=O)OC(C)(C)C)[C@]2(NC(=O)OC(C)(C)C)C(=O)OC(C)(C)C)cc1. The number of fused-ring (bicyclic) bond motifs is 1. The van der Waals surface area contributed by atoms with Gasteiger partial charge < -0.3 is 24.6 Å². The molecule has 2 aliphatic carbocycles. The van der Waals surface area contributed by atoms with Gasteiger partial charge in [-0.3, -0.25) is 4.79 Å². The Morgan fingerprint density at radius 1 is 0.895 bits per heavy atom. The molecule has 1 unspecified atom stereocenters. The summed E-state index contributed by atoms with van der Waals surface area (Å²) in [6.07, 6.45) is -1.85. The highest BCUT2D eigenvalue weighted by Crippen LogP contribution is 2.66. The van der Waals surface area contributed by atoms with Crippen LogP contribution in [0.1, 0.15) is 67.9 Å². The smallest absolute Gasteiger partial charge is 0.408 e. The van der Waals surface area contributed by atoms with E-state index in [0.29, 0.717) is 5.75 Å². The molecule has 0 bridgehead atoms. The summed E-state index contributed by atoms with van der Waals surface area (Å²) in [7, 11) is 0. The molecule has 2 aliphatic rings. The molecule has 2 N–H and O–H groups in total. The minimum atomic E-state index is -1.68. The van der Waals surface area contributed by atoms with Crippen LogP contribution in [0.4, 0.5) is 4.79 Å². The van der Waals surface area contributed by atoms with Crippen LogP contribution < -0.4 is 5.32 Å². The van der Waals surface area contributed by atoms with Gasteiger partial charge in [0.05, 0.1) is 12.0 Å². The summed E-state index contributed by atoms with van der Waals surface area (Å²) in [5.41, 5.74) is -3.00. The van der Waals surface area contributed by atoms with E-state index in [-0.39, 0.29) is 0 Å². The number of alkyl carbamates (subject to hydrolysis) is 1. The van der Waals surface area contributed by atoms with Gasteiger partial charge in [0, 0.05) is 28.4 Å². The number of carbonyl (C=O) groups excluding carboxylic acids is 3. The molecule has 2 fully saturated rings. The van der Waals surface area contributed by atoms with Crippen molar-refractivity contribution in [3.63, 3.8) is 0 Å². The Labute approximate surface area is 230 Å². The van der Waals surface area contributed by atoms with E-state index in [1.54, 1.807) is 62.3 Å². The minimum absolute atomic E-state index is 0.313. The van der Waals surface area contributed by atoms with Crippen LogP contribution >= 0.6 is 11.8 Å². The zero-order chi connectivity index (χ0) is 28.8. The molecule has 9 heteroatoms. The van der Waals surface area contributed by atoms with Gasteiger partial charge in [0.15, 0.2) is 5.54 Å².